The van der Waals surface area contributed by atoms with Crippen LogP contribution in [0, 0.1) is 6.92 Å². The molecule has 0 radical (unpaired) electrons. The summed E-state index contributed by atoms with van der Waals surface area (Å²) in [5.41, 5.74) is 0.317. The van der Waals surface area contributed by atoms with Gasteiger partial charge < -0.3 is 0 Å². The van der Waals surface area contributed by atoms with E-state index in [4.69, 9.17) is 0 Å². The molecule has 0 saturated heterocycles. The molecule has 0 unspecified atom stereocenters. The molecule has 0 bridgehead atoms. The maximum atomic E-state index is 13.8. The summed E-state index contributed by atoms with van der Waals surface area (Å²) in [4.78, 5) is 3.35. The second-order valence-corrected chi connectivity index (χ2v) is 6.06. The lowest BCUT2D eigenvalue weighted by molar-refractivity contribution is -0.0487. The van der Waals surface area contributed by atoms with Gasteiger partial charge >= 0.3 is 5.92 Å². The Bertz CT molecular complexity index is 701. The van der Waals surface area contributed by atoms with Gasteiger partial charge in [0.1, 0.15) is 12.3 Å². The minimum Gasteiger partial charge on any atom is -0.260 e. The van der Waals surface area contributed by atoms with E-state index in [2.05, 4.69) is 9.17 Å². The Balaban J connectivity index is 2.13. The van der Waals surface area contributed by atoms with Crippen molar-refractivity contribution >= 4 is 10.1 Å². The SMILES string of the molecule is Cc1ccc(S(=O)(=O)OCC(F)(F)c2ccccn2)cc1. The molecule has 0 aliphatic rings. The summed E-state index contributed by atoms with van der Waals surface area (Å²) in [6.07, 6.45) is 1.21. The first-order valence-corrected chi connectivity index (χ1v) is 7.47. The van der Waals surface area contributed by atoms with Crippen LogP contribution in [0.3, 0.4) is 0 Å². The monoisotopic (exact) mass is 313 g/mol. The van der Waals surface area contributed by atoms with Gasteiger partial charge in [-0.15, -0.1) is 0 Å². The van der Waals surface area contributed by atoms with Crippen LogP contribution in [0.25, 0.3) is 0 Å². The van der Waals surface area contributed by atoms with Gasteiger partial charge in [-0.05, 0) is 31.2 Å². The van der Waals surface area contributed by atoms with Gasteiger partial charge in [-0.25, -0.2) is 0 Å². The number of hydrogen-bond donors (Lipinski definition) is 0. The zero-order chi connectivity index (χ0) is 15.5. The lowest BCUT2D eigenvalue weighted by Gasteiger charge is -2.15. The van der Waals surface area contributed by atoms with Crippen LogP contribution in [0.1, 0.15) is 11.3 Å². The minimum absolute atomic E-state index is 0.162. The van der Waals surface area contributed by atoms with Crippen molar-refractivity contribution in [3.63, 3.8) is 0 Å². The van der Waals surface area contributed by atoms with Gasteiger partial charge in [0.2, 0.25) is 0 Å². The molecule has 0 N–H and O–H groups in total. The number of benzene rings is 1. The average Bonchev–Trinajstić information content (AvgIpc) is 2.47. The van der Waals surface area contributed by atoms with Gasteiger partial charge in [0, 0.05) is 6.20 Å². The first kappa shape index (κ1) is 15.5. The summed E-state index contributed by atoms with van der Waals surface area (Å²) in [6, 6.07) is 9.74. The van der Waals surface area contributed by atoms with E-state index in [0.29, 0.717) is 0 Å². The molecule has 0 aliphatic carbocycles. The number of aryl methyl sites for hydroxylation is 1. The molecule has 1 aromatic carbocycles. The van der Waals surface area contributed by atoms with Crippen molar-refractivity contribution in [1.82, 2.24) is 4.98 Å². The minimum atomic E-state index is -4.23. The maximum Gasteiger partial charge on any atom is 0.313 e. The molecule has 112 valence electrons. The highest BCUT2D eigenvalue weighted by molar-refractivity contribution is 7.86. The van der Waals surface area contributed by atoms with E-state index in [9.17, 15) is 17.2 Å². The van der Waals surface area contributed by atoms with E-state index in [1.807, 2.05) is 0 Å². The molecule has 21 heavy (non-hydrogen) atoms. The molecule has 2 rings (SSSR count). The van der Waals surface area contributed by atoms with E-state index in [1.54, 1.807) is 19.1 Å². The van der Waals surface area contributed by atoms with Crippen LogP contribution < -0.4 is 0 Å². The number of nitrogens with zero attached hydrogens (tertiary/aromatic N) is 1. The van der Waals surface area contributed by atoms with Crippen LogP contribution in [-0.4, -0.2) is 20.0 Å². The van der Waals surface area contributed by atoms with Gasteiger partial charge in [-0.3, -0.25) is 9.17 Å². The molecular formula is C14H13F2NO3S. The standard InChI is InChI=1S/C14H13F2NO3S/c1-11-5-7-12(8-6-11)21(18,19)20-10-14(15,16)13-4-2-3-9-17-13/h2-9H,10H2,1H3. The normalized spacial score (nSPS) is 12.3. The summed E-state index contributed by atoms with van der Waals surface area (Å²) in [6.45, 7) is 0.493. The van der Waals surface area contributed by atoms with Crippen molar-refractivity contribution in [1.29, 1.82) is 0 Å². The predicted octanol–water partition coefficient (Wildman–Crippen LogP) is 2.89. The molecule has 1 heterocycles. The summed E-state index contributed by atoms with van der Waals surface area (Å²) in [7, 11) is -4.23. The summed E-state index contributed by atoms with van der Waals surface area (Å²) in [5, 5.41) is 0. The number of rotatable bonds is 5. The van der Waals surface area contributed by atoms with Gasteiger partial charge in [0.15, 0.2) is 0 Å². The van der Waals surface area contributed by atoms with Gasteiger partial charge in [0.25, 0.3) is 10.1 Å². The lowest BCUT2D eigenvalue weighted by atomic mass is 10.2. The number of pyridine rings is 1. The number of aromatic nitrogens is 1. The third-order valence-corrected chi connectivity index (χ3v) is 4.02. The van der Waals surface area contributed by atoms with Crippen LogP contribution in [-0.2, 0) is 20.2 Å². The third kappa shape index (κ3) is 3.83. The smallest absolute Gasteiger partial charge is 0.260 e. The van der Waals surface area contributed by atoms with Crippen molar-refractivity contribution in [2.45, 2.75) is 17.7 Å². The van der Waals surface area contributed by atoms with Crippen LogP contribution in [0.5, 0.6) is 0 Å². The molecule has 0 atom stereocenters. The first-order chi connectivity index (χ1) is 9.81. The Hall–Kier alpha value is -1.86. The summed E-state index contributed by atoms with van der Waals surface area (Å²) in [5.74, 6) is -3.49. The quantitative estimate of drug-likeness (QED) is 0.797. The Morgan fingerprint density at radius 3 is 2.38 bits per heavy atom. The van der Waals surface area contributed by atoms with Crippen molar-refractivity contribution in [3.05, 3.63) is 59.9 Å². The number of hydrogen-bond acceptors (Lipinski definition) is 4. The molecule has 0 saturated carbocycles. The van der Waals surface area contributed by atoms with E-state index >= 15 is 0 Å². The van der Waals surface area contributed by atoms with Crippen LogP contribution in [0.15, 0.2) is 53.6 Å². The molecule has 0 aliphatic heterocycles. The van der Waals surface area contributed by atoms with Crippen LogP contribution >= 0.6 is 0 Å². The second kappa shape index (κ2) is 5.87. The maximum absolute atomic E-state index is 13.8. The number of alkyl halides is 2. The van der Waals surface area contributed by atoms with E-state index in [-0.39, 0.29) is 4.90 Å². The Labute approximate surface area is 121 Å². The topological polar surface area (TPSA) is 56.3 Å². The number of halogens is 2. The molecule has 0 fully saturated rings. The third-order valence-electron chi connectivity index (χ3n) is 2.74. The van der Waals surface area contributed by atoms with Gasteiger partial charge in [0.05, 0.1) is 4.90 Å². The highest BCUT2D eigenvalue weighted by Crippen LogP contribution is 2.27. The summed E-state index contributed by atoms with van der Waals surface area (Å²) < 4.78 is 55.8. The van der Waals surface area contributed by atoms with Crippen LogP contribution in [0.4, 0.5) is 8.78 Å². The zero-order valence-corrected chi connectivity index (χ0v) is 12.0. The average molecular weight is 313 g/mol. The van der Waals surface area contributed by atoms with Gasteiger partial charge in [-0.1, -0.05) is 23.8 Å². The van der Waals surface area contributed by atoms with Crippen molar-refractivity contribution in [2.24, 2.45) is 0 Å². The lowest BCUT2D eigenvalue weighted by Crippen LogP contribution is -2.24. The van der Waals surface area contributed by atoms with Crippen LogP contribution in [0.2, 0.25) is 0 Å². The highest BCUT2D eigenvalue weighted by atomic mass is 32.2. The molecule has 0 spiro atoms. The Morgan fingerprint density at radius 1 is 1.14 bits per heavy atom. The van der Waals surface area contributed by atoms with E-state index in [0.717, 1.165) is 11.6 Å². The molecule has 1 aromatic heterocycles. The predicted molar refractivity (Wildman–Crippen MR) is 72.4 cm³/mol. The largest absolute Gasteiger partial charge is 0.313 e. The molecular weight excluding hydrogens is 300 g/mol. The van der Waals surface area contributed by atoms with Crippen molar-refractivity contribution in [3.8, 4) is 0 Å². The fourth-order valence-electron chi connectivity index (χ4n) is 1.58. The van der Waals surface area contributed by atoms with Crippen molar-refractivity contribution in [2.75, 3.05) is 6.61 Å². The molecule has 0 amide bonds. The molecule has 2 aromatic rings. The highest BCUT2D eigenvalue weighted by Gasteiger charge is 2.36. The second-order valence-electron chi connectivity index (χ2n) is 4.45. The summed E-state index contributed by atoms with van der Waals surface area (Å²) >= 11 is 0. The molecule has 7 heteroatoms. The van der Waals surface area contributed by atoms with E-state index < -0.39 is 28.3 Å². The Kier molecular flexibility index (Phi) is 4.34. The van der Waals surface area contributed by atoms with Gasteiger partial charge in [-0.2, -0.15) is 17.2 Å². The molecule has 4 nitrogen and oxygen atoms in total. The fraction of sp³-hybridized carbons (Fsp3) is 0.214. The van der Waals surface area contributed by atoms with E-state index in [1.165, 1.54) is 30.5 Å². The first-order valence-electron chi connectivity index (χ1n) is 6.07. The zero-order valence-electron chi connectivity index (χ0n) is 11.2. The van der Waals surface area contributed by atoms with Crippen molar-refractivity contribution < 1.29 is 21.4 Å². The Morgan fingerprint density at radius 2 is 1.81 bits per heavy atom. The fourth-order valence-corrected chi connectivity index (χ4v) is 2.49.